The van der Waals surface area contributed by atoms with E-state index in [1.165, 1.54) is 6.92 Å². The van der Waals surface area contributed by atoms with E-state index < -0.39 is 0 Å². The Morgan fingerprint density at radius 1 is 0.833 bits per heavy atom. The van der Waals surface area contributed by atoms with E-state index in [0.29, 0.717) is 10.0 Å². The van der Waals surface area contributed by atoms with Gasteiger partial charge in [-0.05, 0) is 29.8 Å². The standard InChI is InChI=1S/C8H9BrO3/c1-3-5(9)6(10)4(2)8(12)7(3)11/h10-12H,1-2H3. The molecule has 0 saturated carbocycles. The van der Waals surface area contributed by atoms with Gasteiger partial charge in [-0.25, -0.2) is 0 Å². The maximum atomic E-state index is 9.37. The minimum atomic E-state index is -0.270. The van der Waals surface area contributed by atoms with Crippen LogP contribution in [0.2, 0.25) is 0 Å². The van der Waals surface area contributed by atoms with Gasteiger partial charge in [0, 0.05) is 11.1 Å². The molecule has 4 heteroatoms. The Bertz CT molecular complexity index is 229. The lowest BCUT2D eigenvalue weighted by atomic mass is 10.1. The van der Waals surface area contributed by atoms with Crippen molar-refractivity contribution in [3.63, 3.8) is 0 Å². The van der Waals surface area contributed by atoms with Gasteiger partial charge in [-0.3, -0.25) is 0 Å². The molecule has 0 aromatic heterocycles. The summed E-state index contributed by atoms with van der Waals surface area (Å²) in [6.45, 7) is 3.12. The fraction of sp³-hybridized carbons (Fsp3) is 0.250. The van der Waals surface area contributed by atoms with Crippen LogP contribution < -0.4 is 0 Å². The summed E-state index contributed by atoms with van der Waals surface area (Å²) in [6.07, 6.45) is 0. The summed E-state index contributed by atoms with van der Waals surface area (Å²) in [5.74, 6) is -0.506. The molecular weight excluding hydrogens is 224 g/mol. The van der Waals surface area contributed by atoms with Gasteiger partial charge < -0.3 is 15.3 Å². The van der Waals surface area contributed by atoms with Crippen molar-refractivity contribution >= 4 is 15.9 Å². The lowest BCUT2D eigenvalue weighted by Crippen LogP contribution is -1.84. The van der Waals surface area contributed by atoms with Crippen LogP contribution in [0, 0.1) is 13.8 Å². The first kappa shape index (κ1) is 9.19. The number of rotatable bonds is 0. The van der Waals surface area contributed by atoms with Crippen molar-refractivity contribution in [1.29, 1.82) is 0 Å². The Morgan fingerprint density at radius 2 is 1.25 bits per heavy atom. The Balaban J connectivity index is 3.60. The zero-order chi connectivity index (χ0) is 9.46. The van der Waals surface area contributed by atoms with Crippen molar-refractivity contribution in [3.8, 4) is 17.2 Å². The molecular formula is C8H9BrO3. The van der Waals surface area contributed by atoms with E-state index in [9.17, 15) is 15.3 Å². The molecule has 0 bridgehead atoms. The van der Waals surface area contributed by atoms with Crippen LogP contribution in [0.4, 0.5) is 0 Å². The number of hydrogen-bond donors (Lipinski definition) is 3. The number of phenols is 3. The van der Waals surface area contributed by atoms with Crippen molar-refractivity contribution in [2.75, 3.05) is 0 Å². The molecule has 0 unspecified atom stereocenters. The van der Waals surface area contributed by atoms with Crippen LogP contribution in [-0.2, 0) is 0 Å². The molecule has 1 rings (SSSR count). The van der Waals surface area contributed by atoms with E-state index in [-0.39, 0.29) is 22.8 Å². The van der Waals surface area contributed by atoms with E-state index in [0.717, 1.165) is 0 Å². The molecule has 1 aromatic rings. The monoisotopic (exact) mass is 232 g/mol. The minimum Gasteiger partial charge on any atom is -0.506 e. The number of phenolic OH excluding ortho intramolecular Hbond substituents is 3. The van der Waals surface area contributed by atoms with Gasteiger partial charge in [-0.2, -0.15) is 0 Å². The number of hydrogen-bond acceptors (Lipinski definition) is 3. The minimum absolute atomic E-state index is 0.0391. The molecule has 12 heavy (non-hydrogen) atoms. The lowest BCUT2D eigenvalue weighted by Gasteiger charge is -2.09. The maximum absolute atomic E-state index is 9.37. The van der Waals surface area contributed by atoms with Crippen LogP contribution in [-0.4, -0.2) is 15.3 Å². The molecule has 0 aliphatic heterocycles. The third-order valence-electron chi connectivity index (χ3n) is 1.83. The summed E-state index contributed by atoms with van der Waals surface area (Å²) in [5, 5.41) is 27.9. The van der Waals surface area contributed by atoms with Crippen molar-refractivity contribution in [2.45, 2.75) is 13.8 Å². The van der Waals surface area contributed by atoms with Crippen LogP contribution in [0.25, 0.3) is 0 Å². The number of halogens is 1. The van der Waals surface area contributed by atoms with Gasteiger partial charge in [-0.15, -0.1) is 0 Å². The third kappa shape index (κ3) is 1.12. The lowest BCUT2D eigenvalue weighted by molar-refractivity contribution is 0.388. The smallest absolute Gasteiger partial charge is 0.164 e. The molecule has 0 aliphatic rings. The summed E-state index contributed by atoms with van der Waals surface area (Å²) < 4.78 is 0.412. The molecule has 0 saturated heterocycles. The number of benzene rings is 1. The molecule has 1 aromatic carbocycles. The molecule has 3 N–H and O–H groups in total. The summed E-state index contributed by atoms with van der Waals surface area (Å²) in [4.78, 5) is 0. The Labute approximate surface area is 78.4 Å². The first-order valence-electron chi connectivity index (χ1n) is 3.36. The fourth-order valence-electron chi connectivity index (χ4n) is 0.914. The Hall–Kier alpha value is -0.900. The highest BCUT2D eigenvalue weighted by Crippen LogP contribution is 2.43. The zero-order valence-electron chi connectivity index (χ0n) is 6.72. The van der Waals surface area contributed by atoms with Gasteiger partial charge in [0.05, 0.1) is 4.47 Å². The third-order valence-corrected chi connectivity index (χ3v) is 2.80. The normalized spacial score (nSPS) is 10.2. The fourth-order valence-corrected chi connectivity index (χ4v) is 1.40. The SMILES string of the molecule is Cc1c(O)c(O)c(C)c(Br)c1O. The van der Waals surface area contributed by atoms with Crippen LogP contribution in [0.3, 0.4) is 0 Å². The van der Waals surface area contributed by atoms with Gasteiger partial charge in [0.1, 0.15) is 5.75 Å². The van der Waals surface area contributed by atoms with Gasteiger partial charge in [-0.1, -0.05) is 0 Å². The predicted octanol–water partition coefficient (Wildman–Crippen LogP) is 2.18. The molecule has 0 radical (unpaired) electrons. The highest BCUT2D eigenvalue weighted by atomic mass is 79.9. The first-order valence-corrected chi connectivity index (χ1v) is 4.15. The molecule has 0 atom stereocenters. The highest BCUT2D eigenvalue weighted by molar-refractivity contribution is 9.10. The van der Waals surface area contributed by atoms with Gasteiger partial charge in [0.2, 0.25) is 0 Å². The Kier molecular flexibility index (Phi) is 2.19. The van der Waals surface area contributed by atoms with E-state index in [1.807, 2.05) is 0 Å². The van der Waals surface area contributed by atoms with Gasteiger partial charge in [0.15, 0.2) is 11.5 Å². The zero-order valence-corrected chi connectivity index (χ0v) is 8.31. The predicted molar refractivity (Wildman–Crippen MR) is 48.6 cm³/mol. The second-order valence-electron chi connectivity index (χ2n) is 2.61. The highest BCUT2D eigenvalue weighted by Gasteiger charge is 2.15. The van der Waals surface area contributed by atoms with Gasteiger partial charge >= 0.3 is 0 Å². The van der Waals surface area contributed by atoms with E-state index in [4.69, 9.17) is 0 Å². The quantitative estimate of drug-likeness (QED) is 0.475. The van der Waals surface area contributed by atoms with Crippen LogP contribution >= 0.6 is 15.9 Å². The van der Waals surface area contributed by atoms with Crippen molar-refractivity contribution in [2.24, 2.45) is 0 Å². The summed E-state index contributed by atoms with van der Waals surface area (Å²) in [7, 11) is 0. The average Bonchev–Trinajstić information content (AvgIpc) is 2.08. The summed E-state index contributed by atoms with van der Waals surface area (Å²) in [6, 6.07) is 0. The summed E-state index contributed by atoms with van der Waals surface area (Å²) in [5.41, 5.74) is 0.695. The maximum Gasteiger partial charge on any atom is 0.164 e. The van der Waals surface area contributed by atoms with Crippen LogP contribution in [0.15, 0.2) is 4.47 Å². The van der Waals surface area contributed by atoms with Crippen LogP contribution in [0.5, 0.6) is 17.2 Å². The largest absolute Gasteiger partial charge is 0.506 e. The van der Waals surface area contributed by atoms with E-state index in [2.05, 4.69) is 15.9 Å². The summed E-state index contributed by atoms with van der Waals surface area (Å²) >= 11 is 3.09. The second-order valence-corrected chi connectivity index (χ2v) is 3.40. The molecule has 0 fully saturated rings. The van der Waals surface area contributed by atoms with Crippen molar-refractivity contribution in [3.05, 3.63) is 15.6 Å². The molecule has 66 valence electrons. The molecule has 0 aliphatic carbocycles. The average molecular weight is 233 g/mol. The van der Waals surface area contributed by atoms with Crippen molar-refractivity contribution in [1.82, 2.24) is 0 Å². The van der Waals surface area contributed by atoms with Crippen LogP contribution in [0.1, 0.15) is 11.1 Å². The second kappa shape index (κ2) is 2.86. The molecule has 0 amide bonds. The van der Waals surface area contributed by atoms with E-state index >= 15 is 0 Å². The van der Waals surface area contributed by atoms with Crippen molar-refractivity contribution < 1.29 is 15.3 Å². The van der Waals surface area contributed by atoms with Gasteiger partial charge in [0.25, 0.3) is 0 Å². The molecule has 3 nitrogen and oxygen atoms in total. The molecule has 0 spiro atoms. The van der Waals surface area contributed by atoms with E-state index in [1.54, 1.807) is 6.92 Å². The number of aromatic hydroxyl groups is 3. The topological polar surface area (TPSA) is 60.7 Å². The molecule has 0 heterocycles. The first-order chi connectivity index (χ1) is 5.46. The Morgan fingerprint density at radius 3 is 1.75 bits per heavy atom.